The van der Waals surface area contributed by atoms with Crippen LogP contribution in [0.2, 0.25) is 0 Å². The molecule has 5 aromatic carbocycles. The molecule has 4 nitrogen and oxygen atoms in total. The van der Waals surface area contributed by atoms with Gasteiger partial charge in [-0.05, 0) is 64.6 Å². The summed E-state index contributed by atoms with van der Waals surface area (Å²) in [5.41, 5.74) is 6.83. The second kappa shape index (κ2) is 9.67. The van der Waals surface area contributed by atoms with Crippen LogP contribution in [-0.2, 0) is 15.6 Å². The number of carbonyl (C=O) groups is 1. The van der Waals surface area contributed by atoms with E-state index in [4.69, 9.17) is 0 Å². The minimum Gasteiger partial charge on any atom is -0.481 e. The highest BCUT2D eigenvalue weighted by Crippen LogP contribution is 2.51. The highest BCUT2D eigenvalue weighted by atomic mass is 16.4. The topological polar surface area (TPSA) is 43.5 Å². The molecule has 2 aliphatic heterocycles. The number of anilines is 1. The summed E-state index contributed by atoms with van der Waals surface area (Å²) >= 11 is 0. The van der Waals surface area contributed by atoms with Gasteiger partial charge in [0.1, 0.15) is 7.05 Å². The number of carboxylic acids is 1. The summed E-state index contributed by atoms with van der Waals surface area (Å²) in [5.74, 6) is -0.788. The zero-order valence-electron chi connectivity index (χ0n) is 25.5. The van der Waals surface area contributed by atoms with E-state index in [1.54, 1.807) is 0 Å². The van der Waals surface area contributed by atoms with Crippen molar-refractivity contribution in [2.45, 2.75) is 44.9 Å². The third-order valence-corrected chi connectivity index (χ3v) is 9.68. The SMILES string of the molecule is C[N+]1=C(/C=C/C=C2\N(CCC(=O)O)c3ccc4ccccc4c3C2(C)C)C(C)(C)c2c1c1ccccc1c1ccccc21. The Morgan fingerprint density at radius 1 is 0.767 bits per heavy atom. The van der Waals surface area contributed by atoms with Crippen molar-refractivity contribution >= 4 is 55.4 Å². The lowest BCUT2D eigenvalue weighted by Crippen LogP contribution is -2.28. The molecule has 7 rings (SSSR count). The molecule has 214 valence electrons. The van der Waals surface area contributed by atoms with Crippen LogP contribution < -0.4 is 4.90 Å². The maximum Gasteiger partial charge on any atom is 0.305 e. The number of rotatable bonds is 5. The van der Waals surface area contributed by atoms with Crippen molar-refractivity contribution in [2.24, 2.45) is 0 Å². The molecule has 0 aliphatic carbocycles. The zero-order chi connectivity index (χ0) is 30.1. The molecule has 0 saturated heterocycles. The number of hydrogen-bond acceptors (Lipinski definition) is 2. The van der Waals surface area contributed by atoms with Crippen molar-refractivity contribution < 1.29 is 14.5 Å². The summed E-state index contributed by atoms with van der Waals surface area (Å²) in [7, 11) is 2.18. The predicted octanol–water partition coefficient (Wildman–Crippen LogP) is 8.86. The number of fused-ring (bicyclic) bond motifs is 9. The van der Waals surface area contributed by atoms with Crippen LogP contribution in [0.15, 0.2) is 109 Å². The number of allylic oxidation sites excluding steroid dienone is 4. The van der Waals surface area contributed by atoms with E-state index in [0.29, 0.717) is 6.54 Å². The Labute approximate surface area is 252 Å². The van der Waals surface area contributed by atoms with Crippen molar-refractivity contribution in [1.29, 1.82) is 0 Å². The lowest BCUT2D eigenvalue weighted by molar-refractivity contribution is -0.399. The molecule has 0 radical (unpaired) electrons. The third-order valence-electron chi connectivity index (χ3n) is 9.68. The summed E-state index contributed by atoms with van der Waals surface area (Å²) in [5, 5.41) is 17.1. The minimum atomic E-state index is -0.788. The monoisotopic (exact) mass is 565 g/mol. The van der Waals surface area contributed by atoms with Gasteiger partial charge in [0.2, 0.25) is 5.69 Å². The third kappa shape index (κ3) is 3.96. The second-order valence-corrected chi connectivity index (χ2v) is 12.9. The van der Waals surface area contributed by atoms with Crippen molar-refractivity contribution in [1.82, 2.24) is 0 Å². The van der Waals surface area contributed by atoms with Crippen LogP contribution in [0.1, 0.15) is 45.2 Å². The largest absolute Gasteiger partial charge is 0.481 e. The van der Waals surface area contributed by atoms with Crippen LogP contribution in [0.3, 0.4) is 0 Å². The molecule has 0 aromatic heterocycles. The van der Waals surface area contributed by atoms with E-state index in [2.05, 4.69) is 147 Å². The first-order valence-electron chi connectivity index (χ1n) is 15.1. The molecular weight excluding hydrogens is 528 g/mol. The Hall–Kier alpha value is -4.70. The van der Waals surface area contributed by atoms with Gasteiger partial charge in [-0.25, -0.2) is 0 Å². The van der Waals surface area contributed by atoms with Gasteiger partial charge in [-0.2, -0.15) is 4.58 Å². The number of benzene rings is 5. The predicted molar refractivity (Wildman–Crippen MR) is 179 cm³/mol. The van der Waals surface area contributed by atoms with E-state index in [1.807, 2.05) is 0 Å². The second-order valence-electron chi connectivity index (χ2n) is 12.9. The molecule has 0 saturated carbocycles. The number of carboxylic acid groups (broad SMARTS) is 1. The standard InChI is InChI=1S/C39H36N2O2/c1-38(2)32(40(5)37-30-18-11-9-16-28(30)27-15-8-10-17-29(27)36(37)38)19-12-20-33-39(3,4)35-26-14-7-6-13-25(26)21-22-31(35)41(33)24-23-34(42)43/h6-22H,23-24H2,1-5H3/p+1. The Bertz CT molecular complexity index is 2080. The molecule has 0 spiro atoms. The zero-order valence-corrected chi connectivity index (χ0v) is 25.5. The van der Waals surface area contributed by atoms with Gasteiger partial charge in [-0.1, -0.05) is 92.7 Å². The number of hydrogen-bond donors (Lipinski definition) is 1. The molecular formula is C39H37N2O2+. The molecule has 43 heavy (non-hydrogen) atoms. The first kappa shape index (κ1) is 27.2. The number of aliphatic carboxylic acids is 1. The first-order valence-corrected chi connectivity index (χ1v) is 15.1. The van der Waals surface area contributed by atoms with Gasteiger partial charge in [0, 0.05) is 35.0 Å². The highest BCUT2D eigenvalue weighted by Gasteiger charge is 2.46. The summed E-state index contributed by atoms with van der Waals surface area (Å²) in [6.45, 7) is 9.58. The highest BCUT2D eigenvalue weighted by molar-refractivity contribution is 6.18. The molecule has 4 heteroatoms. The van der Waals surface area contributed by atoms with Crippen LogP contribution in [0, 0.1) is 0 Å². The van der Waals surface area contributed by atoms with Crippen LogP contribution in [0.5, 0.6) is 0 Å². The van der Waals surface area contributed by atoms with Crippen molar-refractivity contribution in [3.8, 4) is 0 Å². The summed E-state index contributed by atoms with van der Waals surface area (Å²) in [6, 6.07) is 30.3. The van der Waals surface area contributed by atoms with Gasteiger partial charge in [-0.3, -0.25) is 4.79 Å². The van der Waals surface area contributed by atoms with Gasteiger partial charge in [0.15, 0.2) is 5.71 Å². The van der Waals surface area contributed by atoms with Gasteiger partial charge in [-0.15, -0.1) is 0 Å². The maximum absolute atomic E-state index is 11.7. The van der Waals surface area contributed by atoms with Gasteiger partial charge >= 0.3 is 5.97 Å². The van der Waals surface area contributed by atoms with E-state index < -0.39 is 5.97 Å². The molecule has 0 unspecified atom stereocenters. The summed E-state index contributed by atoms with van der Waals surface area (Å²) < 4.78 is 2.36. The molecule has 2 aliphatic rings. The van der Waals surface area contributed by atoms with Crippen LogP contribution in [0.25, 0.3) is 32.3 Å². The maximum atomic E-state index is 11.7. The Morgan fingerprint density at radius 3 is 2.07 bits per heavy atom. The van der Waals surface area contributed by atoms with E-state index in [-0.39, 0.29) is 17.3 Å². The quantitative estimate of drug-likeness (QED) is 0.171. The van der Waals surface area contributed by atoms with Crippen LogP contribution in [0.4, 0.5) is 11.4 Å². The fourth-order valence-corrected chi connectivity index (χ4v) is 7.81. The van der Waals surface area contributed by atoms with E-state index >= 15 is 0 Å². The Kier molecular flexibility index (Phi) is 6.10. The lowest BCUT2D eigenvalue weighted by Gasteiger charge is -2.26. The van der Waals surface area contributed by atoms with Crippen molar-refractivity contribution in [3.63, 3.8) is 0 Å². The summed E-state index contributed by atoms with van der Waals surface area (Å²) in [4.78, 5) is 13.9. The molecule has 1 N–H and O–H groups in total. The first-order chi connectivity index (χ1) is 20.6. The Balaban J connectivity index is 1.37. The number of nitrogens with zero attached hydrogens (tertiary/aromatic N) is 2. The molecule has 0 fully saturated rings. The summed E-state index contributed by atoms with van der Waals surface area (Å²) in [6.07, 6.45) is 6.70. The van der Waals surface area contributed by atoms with Crippen molar-refractivity contribution in [3.05, 3.63) is 120 Å². The Morgan fingerprint density at radius 2 is 1.37 bits per heavy atom. The molecule has 5 aromatic rings. The minimum absolute atomic E-state index is 0.0754. The van der Waals surface area contributed by atoms with E-state index in [1.165, 1.54) is 54.8 Å². The van der Waals surface area contributed by atoms with Crippen LogP contribution in [-0.4, -0.2) is 35.0 Å². The average molecular weight is 566 g/mol. The fraction of sp³-hybridized carbons (Fsp3) is 0.231. The fourth-order valence-electron chi connectivity index (χ4n) is 7.81. The average Bonchev–Trinajstić information content (AvgIpc) is 3.34. The molecule has 0 amide bonds. The van der Waals surface area contributed by atoms with Crippen molar-refractivity contribution in [2.75, 3.05) is 18.5 Å². The normalized spacial score (nSPS) is 18.0. The molecule has 0 atom stereocenters. The van der Waals surface area contributed by atoms with Gasteiger partial charge in [0.25, 0.3) is 0 Å². The molecule has 2 heterocycles. The lowest BCUT2D eigenvalue weighted by atomic mass is 9.77. The van der Waals surface area contributed by atoms with Crippen LogP contribution >= 0.6 is 0 Å². The van der Waals surface area contributed by atoms with Gasteiger partial charge < -0.3 is 10.0 Å². The van der Waals surface area contributed by atoms with Gasteiger partial charge in [0.05, 0.1) is 17.2 Å². The smallest absolute Gasteiger partial charge is 0.305 e. The van der Waals surface area contributed by atoms with E-state index in [0.717, 1.165) is 11.4 Å². The molecule has 0 bridgehead atoms. The van der Waals surface area contributed by atoms with E-state index in [9.17, 15) is 9.90 Å².